The number of esters is 1. The Kier molecular flexibility index (Phi) is 9.28. The van der Waals surface area contributed by atoms with Crippen LogP contribution < -0.4 is 0 Å². The maximum atomic E-state index is 12.5. The van der Waals surface area contributed by atoms with E-state index < -0.39 is 21.3 Å². The summed E-state index contributed by atoms with van der Waals surface area (Å²) in [6.45, 7) is 10.6. The Labute approximate surface area is 168 Å². The molecular weight excluding hydrogens is 388 g/mol. The van der Waals surface area contributed by atoms with E-state index in [1.165, 1.54) is 7.11 Å². The van der Waals surface area contributed by atoms with E-state index in [4.69, 9.17) is 4.74 Å². The van der Waals surface area contributed by atoms with Gasteiger partial charge < -0.3 is 4.74 Å². The summed E-state index contributed by atoms with van der Waals surface area (Å²) in [5.41, 5.74) is 0.0488. The van der Waals surface area contributed by atoms with Crippen LogP contribution in [0, 0.1) is 23.2 Å². The SMILES string of the molecule is COS(=O)(=O)C1CCC(COC(=O)CSC(=O)C(CC(C)(C)C)C(C)C)C1. The Balaban J connectivity index is 2.40. The quantitative estimate of drug-likeness (QED) is 0.414. The second-order valence-electron chi connectivity index (χ2n) is 8.87. The third kappa shape index (κ3) is 8.52. The second-order valence-corrected chi connectivity index (χ2v) is 11.8. The maximum Gasteiger partial charge on any atom is 0.316 e. The van der Waals surface area contributed by atoms with Gasteiger partial charge in [-0.05, 0) is 42.9 Å². The molecular formula is C19H34O6S2. The van der Waals surface area contributed by atoms with Gasteiger partial charge in [-0.15, -0.1) is 0 Å². The zero-order valence-electron chi connectivity index (χ0n) is 17.3. The lowest BCUT2D eigenvalue weighted by Gasteiger charge is -2.27. The molecule has 0 amide bonds. The number of hydrogen-bond acceptors (Lipinski definition) is 7. The number of carbonyl (C=O) groups is 2. The summed E-state index contributed by atoms with van der Waals surface area (Å²) in [4.78, 5) is 24.5. The molecule has 1 aliphatic carbocycles. The van der Waals surface area contributed by atoms with Crippen molar-refractivity contribution < 1.29 is 26.9 Å². The standard InChI is InChI=1S/C19H34O6S2/c1-13(2)16(10-19(3,4)5)18(21)26-12-17(20)25-11-14-7-8-15(9-14)27(22,23)24-6/h13-16H,7-12H2,1-6H3. The third-order valence-corrected chi connectivity index (χ3v) is 7.56. The van der Waals surface area contributed by atoms with E-state index in [-0.39, 0.29) is 40.6 Å². The highest BCUT2D eigenvalue weighted by Crippen LogP contribution is 2.33. The fourth-order valence-corrected chi connectivity index (χ4v) is 5.44. The van der Waals surface area contributed by atoms with Crippen molar-refractivity contribution >= 4 is 33.0 Å². The van der Waals surface area contributed by atoms with Crippen LogP contribution in [0.25, 0.3) is 0 Å². The van der Waals surface area contributed by atoms with Gasteiger partial charge in [0.2, 0.25) is 0 Å². The van der Waals surface area contributed by atoms with Gasteiger partial charge in [-0.25, -0.2) is 0 Å². The van der Waals surface area contributed by atoms with Crippen LogP contribution in [0.2, 0.25) is 0 Å². The fourth-order valence-electron chi connectivity index (χ4n) is 3.32. The Morgan fingerprint density at radius 1 is 1.19 bits per heavy atom. The maximum absolute atomic E-state index is 12.5. The molecule has 158 valence electrons. The van der Waals surface area contributed by atoms with Crippen molar-refractivity contribution in [1.29, 1.82) is 0 Å². The van der Waals surface area contributed by atoms with E-state index in [9.17, 15) is 18.0 Å². The van der Waals surface area contributed by atoms with Gasteiger partial charge >= 0.3 is 5.97 Å². The van der Waals surface area contributed by atoms with Crippen molar-refractivity contribution in [2.45, 2.75) is 65.6 Å². The van der Waals surface area contributed by atoms with Crippen LogP contribution in [0.1, 0.15) is 60.3 Å². The Hall–Kier alpha value is -0.600. The lowest BCUT2D eigenvalue weighted by molar-refractivity contribution is -0.141. The summed E-state index contributed by atoms with van der Waals surface area (Å²) in [6.07, 6.45) is 2.43. The summed E-state index contributed by atoms with van der Waals surface area (Å²) >= 11 is 1.02. The summed E-state index contributed by atoms with van der Waals surface area (Å²) in [5, 5.41) is -0.490. The van der Waals surface area contributed by atoms with Crippen LogP contribution in [0.5, 0.6) is 0 Å². The predicted molar refractivity (Wildman–Crippen MR) is 108 cm³/mol. The average Bonchev–Trinajstić information content (AvgIpc) is 3.04. The van der Waals surface area contributed by atoms with Gasteiger partial charge in [0, 0.05) is 5.92 Å². The summed E-state index contributed by atoms with van der Waals surface area (Å²) in [5.74, 6) is -0.270. The van der Waals surface area contributed by atoms with Crippen molar-refractivity contribution in [2.24, 2.45) is 23.2 Å². The molecule has 0 spiro atoms. The minimum absolute atomic E-state index is 0.00128. The van der Waals surface area contributed by atoms with Crippen LogP contribution in [0.3, 0.4) is 0 Å². The lowest BCUT2D eigenvalue weighted by atomic mass is 9.80. The van der Waals surface area contributed by atoms with E-state index >= 15 is 0 Å². The van der Waals surface area contributed by atoms with Gasteiger partial charge in [-0.2, -0.15) is 8.42 Å². The molecule has 6 nitrogen and oxygen atoms in total. The van der Waals surface area contributed by atoms with Gasteiger partial charge in [0.05, 0.1) is 24.7 Å². The first kappa shape index (κ1) is 24.4. The minimum atomic E-state index is -3.51. The number of hydrogen-bond donors (Lipinski definition) is 0. The highest BCUT2D eigenvalue weighted by molar-refractivity contribution is 8.14. The summed E-state index contributed by atoms with van der Waals surface area (Å²) in [7, 11) is -2.35. The molecule has 3 unspecified atom stereocenters. The average molecular weight is 423 g/mol. The van der Waals surface area contributed by atoms with E-state index in [0.717, 1.165) is 18.2 Å². The lowest BCUT2D eigenvalue weighted by Crippen LogP contribution is -2.25. The molecule has 0 aromatic rings. The second kappa shape index (κ2) is 10.3. The molecule has 0 aliphatic heterocycles. The van der Waals surface area contributed by atoms with E-state index in [1.54, 1.807) is 0 Å². The third-order valence-electron chi connectivity index (χ3n) is 4.89. The fraction of sp³-hybridized carbons (Fsp3) is 0.895. The highest BCUT2D eigenvalue weighted by atomic mass is 32.2. The predicted octanol–water partition coefficient (Wildman–Crippen LogP) is 3.64. The largest absolute Gasteiger partial charge is 0.465 e. The molecule has 1 aliphatic rings. The number of carbonyl (C=O) groups excluding carboxylic acids is 2. The number of thioether (sulfide) groups is 1. The van der Waals surface area contributed by atoms with Crippen molar-refractivity contribution in [1.82, 2.24) is 0 Å². The normalized spacial score (nSPS) is 22.0. The molecule has 0 saturated heterocycles. The monoisotopic (exact) mass is 422 g/mol. The molecule has 0 bridgehead atoms. The first-order valence-corrected chi connectivity index (χ1v) is 11.9. The minimum Gasteiger partial charge on any atom is -0.465 e. The van der Waals surface area contributed by atoms with Gasteiger partial charge in [-0.1, -0.05) is 46.4 Å². The topological polar surface area (TPSA) is 86.7 Å². The molecule has 0 aromatic heterocycles. The number of ether oxygens (including phenoxy) is 1. The zero-order valence-corrected chi connectivity index (χ0v) is 19.0. The molecule has 1 rings (SSSR count). The number of rotatable bonds is 9. The first-order chi connectivity index (χ1) is 12.4. The van der Waals surface area contributed by atoms with Crippen molar-refractivity contribution in [3.05, 3.63) is 0 Å². The zero-order chi connectivity index (χ0) is 20.8. The summed E-state index contributed by atoms with van der Waals surface area (Å²) < 4.78 is 33.2. The molecule has 1 saturated carbocycles. The van der Waals surface area contributed by atoms with Crippen molar-refractivity contribution in [2.75, 3.05) is 19.5 Å². The van der Waals surface area contributed by atoms with Crippen LogP contribution >= 0.6 is 11.8 Å². The Bertz CT molecular complexity index is 606. The Morgan fingerprint density at radius 2 is 1.81 bits per heavy atom. The van der Waals surface area contributed by atoms with Gasteiger partial charge in [-0.3, -0.25) is 13.8 Å². The molecule has 0 N–H and O–H groups in total. The highest BCUT2D eigenvalue weighted by Gasteiger charge is 2.35. The van der Waals surface area contributed by atoms with Crippen LogP contribution in [0.15, 0.2) is 0 Å². The van der Waals surface area contributed by atoms with Gasteiger partial charge in [0.15, 0.2) is 5.12 Å². The Morgan fingerprint density at radius 3 is 2.33 bits per heavy atom. The van der Waals surface area contributed by atoms with Gasteiger partial charge in [0.25, 0.3) is 10.1 Å². The van der Waals surface area contributed by atoms with Crippen LogP contribution in [-0.2, 0) is 28.6 Å². The molecule has 27 heavy (non-hydrogen) atoms. The van der Waals surface area contributed by atoms with Crippen molar-refractivity contribution in [3.63, 3.8) is 0 Å². The van der Waals surface area contributed by atoms with Gasteiger partial charge in [0.1, 0.15) is 0 Å². The first-order valence-electron chi connectivity index (χ1n) is 9.47. The smallest absolute Gasteiger partial charge is 0.316 e. The molecule has 1 fully saturated rings. The molecule has 0 aromatic carbocycles. The summed E-state index contributed by atoms with van der Waals surface area (Å²) in [6, 6.07) is 0. The molecule has 8 heteroatoms. The van der Waals surface area contributed by atoms with Crippen LogP contribution in [0.4, 0.5) is 0 Å². The van der Waals surface area contributed by atoms with Crippen molar-refractivity contribution in [3.8, 4) is 0 Å². The van der Waals surface area contributed by atoms with E-state index in [2.05, 4.69) is 25.0 Å². The molecule has 3 atom stereocenters. The van der Waals surface area contributed by atoms with E-state index in [1.807, 2.05) is 13.8 Å². The molecule has 0 heterocycles. The van der Waals surface area contributed by atoms with Crippen LogP contribution in [-0.4, -0.2) is 44.2 Å². The van der Waals surface area contributed by atoms with E-state index in [0.29, 0.717) is 19.3 Å². The molecule has 0 radical (unpaired) electrons.